The SMILES string of the molecule is CC[C@@H](Oc1ccccc1)C(=O)NC1(C(=O)OC)CCCCC1. The van der Waals surface area contributed by atoms with Gasteiger partial charge >= 0.3 is 5.97 Å². The number of nitrogens with one attached hydrogen (secondary N) is 1. The highest BCUT2D eigenvalue weighted by Gasteiger charge is 2.43. The predicted molar refractivity (Wildman–Crippen MR) is 87.1 cm³/mol. The molecule has 0 radical (unpaired) electrons. The molecule has 0 aliphatic heterocycles. The maximum absolute atomic E-state index is 12.6. The molecule has 23 heavy (non-hydrogen) atoms. The Morgan fingerprint density at radius 1 is 1.17 bits per heavy atom. The van der Waals surface area contributed by atoms with Crippen molar-refractivity contribution >= 4 is 11.9 Å². The Balaban J connectivity index is 2.08. The first-order chi connectivity index (χ1) is 11.1. The third-order valence-electron chi connectivity index (χ3n) is 4.33. The van der Waals surface area contributed by atoms with Crippen LogP contribution in [0.25, 0.3) is 0 Å². The second kappa shape index (κ2) is 7.99. The fourth-order valence-electron chi connectivity index (χ4n) is 3.03. The van der Waals surface area contributed by atoms with Gasteiger partial charge in [0.1, 0.15) is 11.3 Å². The number of esters is 1. The largest absolute Gasteiger partial charge is 0.481 e. The van der Waals surface area contributed by atoms with Crippen molar-refractivity contribution in [2.24, 2.45) is 0 Å². The summed E-state index contributed by atoms with van der Waals surface area (Å²) in [6.45, 7) is 1.89. The maximum atomic E-state index is 12.6. The number of carbonyl (C=O) groups is 2. The van der Waals surface area contributed by atoms with Gasteiger partial charge in [0.15, 0.2) is 6.10 Å². The van der Waals surface area contributed by atoms with E-state index < -0.39 is 11.6 Å². The average Bonchev–Trinajstić information content (AvgIpc) is 2.60. The second-order valence-corrected chi connectivity index (χ2v) is 5.95. The predicted octanol–water partition coefficient (Wildman–Crippen LogP) is 2.84. The van der Waals surface area contributed by atoms with E-state index in [2.05, 4.69) is 5.32 Å². The third-order valence-corrected chi connectivity index (χ3v) is 4.33. The van der Waals surface area contributed by atoms with Gasteiger partial charge in [0.05, 0.1) is 7.11 Å². The Kier molecular flexibility index (Phi) is 6.02. The third kappa shape index (κ3) is 4.24. The van der Waals surface area contributed by atoms with E-state index in [0.717, 1.165) is 19.3 Å². The van der Waals surface area contributed by atoms with Crippen LogP contribution in [-0.2, 0) is 14.3 Å². The Bertz CT molecular complexity index is 523. The van der Waals surface area contributed by atoms with Gasteiger partial charge in [-0.05, 0) is 31.4 Å². The van der Waals surface area contributed by atoms with Gasteiger partial charge in [-0.15, -0.1) is 0 Å². The molecular weight excluding hydrogens is 294 g/mol. The Hall–Kier alpha value is -2.04. The van der Waals surface area contributed by atoms with Crippen molar-refractivity contribution < 1.29 is 19.1 Å². The number of ether oxygens (including phenoxy) is 2. The van der Waals surface area contributed by atoms with Gasteiger partial charge in [0, 0.05) is 0 Å². The van der Waals surface area contributed by atoms with Crippen molar-refractivity contribution in [1.82, 2.24) is 5.32 Å². The smallest absolute Gasteiger partial charge is 0.331 e. The average molecular weight is 319 g/mol. The molecule has 1 aliphatic rings. The minimum absolute atomic E-state index is 0.261. The lowest BCUT2D eigenvalue weighted by atomic mass is 9.81. The monoisotopic (exact) mass is 319 g/mol. The maximum Gasteiger partial charge on any atom is 0.331 e. The number of hydrogen-bond donors (Lipinski definition) is 1. The second-order valence-electron chi connectivity index (χ2n) is 5.95. The summed E-state index contributed by atoms with van der Waals surface area (Å²) >= 11 is 0. The van der Waals surface area contributed by atoms with Crippen LogP contribution in [0.15, 0.2) is 30.3 Å². The van der Waals surface area contributed by atoms with E-state index in [9.17, 15) is 9.59 Å². The molecule has 1 aromatic carbocycles. The van der Waals surface area contributed by atoms with Crippen molar-refractivity contribution in [3.63, 3.8) is 0 Å². The summed E-state index contributed by atoms with van der Waals surface area (Å²) in [6, 6.07) is 9.23. The lowest BCUT2D eigenvalue weighted by Gasteiger charge is -2.36. The summed E-state index contributed by atoms with van der Waals surface area (Å²) < 4.78 is 10.7. The van der Waals surface area contributed by atoms with E-state index in [0.29, 0.717) is 25.0 Å². The van der Waals surface area contributed by atoms with Crippen LogP contribution in [0.4, 0.5) is 0 Å². The number of rotatable bonds is 6. The molecule has 1 fully saturated rings. The molecule has 0 spiro atoms. The van der Waals surface area contributed by atoms with E-state index in [4.69, 9.17) is 9.47 Å². The lowest BCUT2D eigenvalue weighted by molar-refractivity contribution is -0.153. The van der Waals surface area contributed by atoms with Crippen molar-refractivity contribution in [2.75, 3.05) is 7.11 Å². The molecule has 2 rings (SSSR count). The first kappa shape index (κ1) is 17.3. The van der Waals surface area contributed by atoms with Crippen LogP contribution < -0.4 is 10.1 Å². The van der Waals surface area contributed by atoms with E-state index in [1.54, 1.807) is 0 Å². The molecular formula is C18H25NO4. The van der Waals surface area contributed by atoms with Crippen molar-refractivity contribution in [2.45, 2.75) is 57.1 Å². The molecule has 0 bridgehead atoms. The fourth-order valence-corrected chi connectivity index (χ4v) is 3.03. The zero-order chi connectivity index (χ0) is 16.7. The zero-order valence-corrected chi connectivity index (χ0v) is 13.8. The summed E-state index contributed by atoms with van der Waals surface area (Å²) in [5.74, 6) is 0.0222. The lowest BCUT2D eigenvalue weighted by Crippen LogP contribution is -2.58. The molecule has 1 aliphatic carbocycles. The van der Waals surface area contributed by atoms with Crippen molar-refractivity contribution in [3.05, 3.63) is 30.3 Å². The fraction of sp³-hybridized carbons (Fsp3) is 0.556. The van der Waals surface area contributed by atoms with Gasteiger partial charge in [-0.3, -0.25) is 4.79 Å². The number of amides is 1. The number of carbonyl (C=O) groups excluding carboxylic acids is 2. The van der Waals surface area contributed by atoms with E-state index in [1.807, 2.05) is 37.3 Å². The van der Waals surface area contributed by atoms with Crippen LogP contribution in [0.3, 0.4) is 0 Å². The quantitative estimate of drug-likeness (QED) is 0.819. The number of methoxy groups -OCH3 is 1. The van der Waals surface area contributed by atoms with Gasteiger partial charge in [0.2, 0.25) is 0 Å². The van der Waals surface area contributed by atoms with Gasteiger partial charge in [-0.1, -0.05) is 44.4 Å². The van der Waals surface area contributed by atoms with Crippen LogP contribution in [0.2, 0.25) is 0 Å². The number of hydrogen-bond acceptors (Lipinski definition) is 4. The number of para-hydroxylation sites is 1. The van der Waals surface area contributed by atoms with Crippen LogP contribution in [0, 0.1) is 0 Å². The van der Waals surface area contributed by atoms with Crippen LogP contribution in [-0.4, -0.2) is 30.6 Å². The highest BCUT2D eigenvalue weighted by molar-refractivity contribution is 5.90. The van der Waals surface area contributed by atoms with Gasteiger partial charge in [-0.2, -0.15) is 0 Å². The van der Waals surface area contributed by atoms with Crippen LogP contribution in [0.1, 0.15) is 45.4 Å². The molecule has 0 heterocycles. The summed E-state index contributed by atoms with van der Waals surface area (Å²) in [5.41, 5.74) is -0.905. The standard InChI is InChI=1S/C18H25NO4/c1-3-15(23-14-10-6-4-7-11-14)16(20)19-18(17(21)22-2)12-8-5-9-13-18/h4,6-7,10-11,15H,3,5,8-9,12-13H2,1-2H3,(H,19,20)/t15-/m1/s1. The molecule has 0 unspecified atom stereocenters. The van der Waals surface area contributed by atoms with Gasteiger partial charge in [0.25, 0.3) is 5.91 Å². The summed E-state index contributed by atoms with van der Waals surface area (Å²) in [7, 11) is 1.36. The highest BCUT2D eigenvalue weighted by Crippen LogP contribution is 2.29. The minimum Gasteiger partial charge on any atom is -0.481 e. The topological polar surface area (TPSA) is 64.6 Å². The van der Waals surface area contributed by atoms with Crippen LogP contribution >= 0.6 is 0 Å². The van der Waals surface area contributed by atoms with Gasteiger partial charge < -0.3 is 14.8 Å². The zero-order valence-electron chi connectivity index (χ0n) is 13.8. The first-order valence-electron chi connectivity index (χ1n) is 8.23. The Morgan fingerprint density at radius 3 is 2.39 bits per heavy atom. The minimum atomic E-state index is -0.905. The molecule has 1 aromatic rings. The normalized spacial score (nSPS) is 17.8. The molecule has 0 aromatic heterocycles. The number of benzene rings is 1. The summed E-state index contributed by atoms with van der Waals surface area (Å²) in [4.78, 5) is 24.8. The van der Waals surface area contributed by atoms with Crippen molar-refractivity contribution in [1.29, 1.82) is 0 Å². The molecule has 5 heteroatoms. The molecule has 1 atom stereocenters. The highest BCUT2D eigenvalue weighted by atomic mass is 16.5. The molecule has 126 valence electrons. The molecule has 1 N–H and O–H groups in total. The van der Waals surface area contributed by atoms with Crippen molar-refractivity contribution in [3.8, 4) is 5.75 Å². The van der Waals surface area contributed by atoms with E-state index in [-0.39, 0.29) is 11.9 Å². The molecule has 0 saturated heterocycles. The van der Waals surface area contributed by atoms with Crippen LogP contribution in [0.5, 0.6) is 5.75 Å². The van der Waals surface area contributed by atoms with E-state index >= 15 is 0 Å². The molecule has 1 saturated carbocycles. The summed E-state index contributed by atoms with van der Waals surface area (Å²) in [5, 5.41) is 2.92. The summed E-state index contributed by atoms with van der Waals surface area (Å²) in [6.07, 6.45) is 4.03. The molecule has 1 amide bonds. The molecule has 5 nitrogen and oxygen atoms in total. The Morgan fingerprint density at radius 2 is 1.83 bits per heavy atom. The van der Waals surface area contributed by atoms with E-state index in [1.165, 1.54) is 7.11 Å². The van der Waals surface area contributed by atoms with Gasteiger partial charge in [-0.25, -0.2) is 4.79 Å². The first-order valence-corrected chi connectivity index (χ1v) is 8.23. The Labute approximate surface area is 137 Å².